The summed E-state index contributed by atoms with van der Waals surface area (Å²) in [5.74, 6) is 0.865. The SMILES string of the molecule is O=C(N[C@@H]1CCSc2c(F)cccc21)[C@H]1CC=CCC1. The van der Waals surface area contributed by atoms with E-state index < -0.39 is 0 Å². The molecule has 4 heteroatoms. The second kappa shape index (κ2) is 6.00. The van der Waals surface area contributed by atoms with Gasteiger partial charge in [-0.2, -0.15) is 0 Å². The van der Waals surface area contributed by atoms with Gasteiger partial charge in [-0.25, -0.2) is 4.39 Å². The predicted molar refractivity (Wildman–Crippen MR) is 79.1 cm³/mol. The third-order valence-electron chi connectivity index (χ3n) is 3.98. The van der Waals surface area contributed by atoms with E-state index in [-0.39, 0.29) is 23.7 Å². The maximum Gasteiger partial charge on any atom is 0.223 e. The van der Waals surface area contributed by atoms with Gasteiger partial charge in [0.1, 0.15) is 5.82 Å². The molecule has 1 N–H and O–H groups in total. The number of hydrogen-bond acceptors (Lipinski definition) is 2. The number of halogens is 1. The molecule has 0 unspecified atom stereocenters. The fourth-order valence-corrected chi connectivity index (χ4v) is 4.00. The number of rotatable bonds is 2. The highest BCUT2D eigenvalue weighted by atomic mass is 32.2. The molecule has 0 aromatic heterocycles. The van der Waals surface area contributed by atoms with Gasteiger partial charge in [-0.1, -0.05) is 24.3 Å². The van der Waals surface area contributed by atoms with Crippen LogP contribution in [-0.4, -0.2) is 11.7 Å². The van der Waals surface area contributed by atoms with E-state index in [9.17, 15) is 9.18 Å². The van der Waals surface area contributed by atoms with Gasteiger partial charge in [-0.3, -0.25) is 4.79 Å². The smallest absolute Gasteiger partial charge is 0.223 e. The Morgan fingerprint density at radius 2 is 2.20 bits per heavy atom. The number of allylic oxidation sites excluding steroid dienone is 2. The van der Waals surface area contributed by atoms with Crippen LogP contribution in [0.15, 0.2) is 35.2 Å². The minimum absolute atomic E-state index is 0.0413. The molecule has 0 saturated heterocycles. The molecule has 20 heavy (non-hydrogen) atoms. The molecule has 2 nitrogen and oxygen atoms in total. The molecule has 2 aliphatic rings. The van der Waals surface area contributed by atoms with Gasteiger partial charge < -0.3 is 5.32 Å². The first-order valence-corrected chi connectivity index (χ1v) is 8.11. The first-order valence-electron chi connectivity index (χ1n) is 7.12. The van der Waals surface area contributed by atoms with Crippen molar-refractivity contribution >= 4 is 17.7 Å². The highest BCUT2D eigenvalue weighted by Crippen LogP contribution is 2.38. The van der Waals surface area contributed by atoms with Crippen molar-refractivity contribution in [2.75, 3.05) is 5.75 Å². The second-order valence-corrected chi connectivity index (χ2v) is 6.44. The normalized spacial score (nSPS) is 25.1. The van der Waals surface area contributed by atoms with E-state index in [1.54, 1.807) is 17.8 Å². The molecule has 1 heterocycles. The third kappa shape index (κ3) is 2.75. The van der Waals surface area contributed by atoms with Crippen molar-refractivity contribution in [3.8, 4) is 0 Å². The van der Waals surface area contributed by atoms with Crippen molar-refractivity contribution in [1.29, 1.82) is 0 Å². The molecule has 0 saturated carbocycles. The Morgan fingerprint density at radius 3 is 3.00 bits per heavy atom. The van der Waals surface area contributed by atoms with E-state index >= 15 is 0 Å². The summed E-state index contributed by atoms with van der Waals surface area (Å²) < 4.78 is 13.8. The van der Waals surface area contributed by atoms with E-state index in [4.69, 9.17) is 0 Å². The highest BCUT2D eigenvalue weighted by Gasteiger charge is 2.27. The third-order valence-corrected chi connectivity index (χ3v) is 5.14. The summed E-state index contributed by atoms with van der Waals surface area (Å²) in [5, 5.41) is 3.12. The Labute approximate surface area is 122 Å². The van der Waals surface area contributed by atoms with Crippen molar-refractivity contribution in [2.45, 2.75) is 36.6 Å². The number of carbonyl (C=O) groups is 1. The van der Waals surface area contributed by atoms with Gasteiger partial charge in [0.2, 0.25) is 5.91 Å². The molecule has 1 aliphatic heterocycles. The van der Waals surface area contributed by atoms with Gasteiger partial charge in [-0.05, 0) is 37.3 Å². The lowest BCUT2D eigenvalue weighted by atomic mass is 9.92. The second-order valence-electron chi connectivity index (χ2n) is 5.34. The summed E-state index contributed by atoms with van der Waals surface area (Å²) in [6.07, 6.45) is 7.80. The lowest BCUT2D eigenvalue weighted by Crippen LogP contribution is -2.35. The standard InChI is InChI=1S/C16H18FNOS/c17-13-8-4-7-12-14(9-10-20-15(12)13)18-16(19)11-5-2-1-3-6-11/h1-2,4,7-8,11,14H,3,5-6,9-10H2,(H,18,19)/t11-,14+/m0/s1. The molecule has 0 radical (unpaired) electrons. The molecular weight excluding hydrogens is 273 g/mol. The number of thioether (sulfide) groups is 1. The zero-order valence-corrected chi connectivity index (χ0v) is 12.1. The number of amides is 1. The van der Waals surface area contributed by atoms with Crippen molar-refractivity contribution < 1.29 is 9.18 Å². The number of benzene rings is 1. The topological polar surface area (TPSA) is 29.1 Å². The molecule has 2 atom stereocenters. The average molecular weight is 291 g/mol. The van der Waals surface area contributed by atoms with Crippen molar-refractivity contribution in [2.24, 2.45) is 5.92 Å². The summed E-state index contributed by atoms with van der Waals surface area (Å²) in [6.45, 7) is 0. The van der Waals surface area contributed by atoms with E-state index in [1.807, 2.05) is 6.07 Å². The van der Waals surface area contributed by atoms with Gasteiger partial charge in [-0.15, -0.1) is 11.8 Å². The van der Waals surface area contributed by atoms with Crippen LogP contribution in [0.5, 0.6) is 0 Å². The van der Waals surface area contributed by atoms with Crippen LogP contribution in [0, 0.1) is 11.7 Å². The van der Waals surface area contributed by atoms with Crippen molar-refractivity contribution in [1.82, 2.24) is 5.32 Å². The van der Waals surface area contributed by atoms with E-state index in [0.29, 0.717) is 4.90 Å². The summed E-state index contributed by atoms with van der Waals surface area (Å²) in [4.78, 5) is 13.0. The molecule has 1 amide bonds. The molecule has 1 aromatic rings. The Morgan fingerprint density at radius 1 is 1.30 bits per heavy atom. The first-order chi connectivity index (χ1) is 9.75. The Kier molecular flexibility index (Phi) is 4.10. The minimum atomic E-state index is -0.174. The summed E-state index contributed by atoms with van der Waals surface area (Å²) in [6, 6.07) is 5.10. The lowest BCUT2D eigenvalue weighted by molar-refractivity contribution is -0.126. The Hall–Kier alpha value is -1.29. The van der Waals surface area contributed by atoms with E-state index in [0.717, 1.165) is 37.0 Å². The van der Waals surface area contributed by atoms with Crippen LogP contribution in [0.2, 0.25) is 0 Å². The van der Waals surface area contributed by atoms with Crippen LogP contribution in [-0.2, 0) is 4.79 Å². The van der Waals surface area contributed by atoms with Crippen molar-refractivity contribution in [3.05, 3.63) is 41.7 Å². The van der Waals surface area contributed by atoms with E-state index in [2.05, 4.69) is 17.5 Å². The molecule has 0 bridgehead atoms. The lowest BCUT2D eigenvalue weighted by Gasteiger charge is -2.28. The van der Waals surface area contributed by atoms with Crippen LogP contribution >= 0.6 is 11.8 Å². The van der Waals surface area contributed by atoms with Crippen LogP contribution in [0.1, 0.15) is 37.3 Å². The molecule has 0 spiro atoms. The number of nitrogens with one attached hydrogen (secondary N) is 1. The summed E-state index contributed by atoms with van der Waals surface area (Å²) in [7, 11) is 0. The maximum absolute atomic E-state index is 13.8. The van der Waals surface area contributed by atoms with Gasteiger partial charge in [0.05, 0.1) is 6.04 Å². The zero-order valence-electron chi connectivity index (χ0n) is 11.3. The fourth-order valence-electron chi connectivity index (χ4n) is 2.86. The number of hydrogen-bond donors (Lipinski definition) is 1. The van der Waals surface area contributed by atoms with Gasteiger partial charge in [0.25, 0.3) is 0 Å². The van der Waals surface area contributed by atoms with Crippen LogP contribution < -0.4 is 5.32 Å². The van der Waals surface area contributed by atoms with E-state index in [1.165, 1.54) is 6.07 Å². The molecule has 106 valence electrons. The van der Waals surface area contributed by atoms with Crippen LogP contribution in [0.25, 0.3) is 0 Å². The fraction of sp³-hybridized carbons (Fsp3) is 0.438. The Bertz CT molecular complexity index is 543. The molecular formula is C16H18FNOS. The van der Waals surface area contributed by atoms with Gasteiger partial charge in [0.15, 0.2) is 0 Å². The zero-order chi connectivity index (χ0) is 13.9. The molecule has 3 rings (SSSR count). The highest BCUT2D eigenvalue weighted by molar-refractivity contribution is 7.99. The summed E-state index contributed by atoms with van der Waals surface area (Å²) >= 11 is 1.54. The van der Waals surface area contributed by atoms with Crippen LogP contribution in [0.4, 0.5) is 4.39 Å². The van der Waals surface area contributed by atoms with Gasteiger partial charge >= 0.3 is 0 Å². The number of carbonyl (C=O) groups excluding carboxylic acids is 1. The maximum atomic E-state index is 13.8. The Balaban J connectivity index is 1.74. The molecule has 1 aromatic carbocycles. The van der Waals surface area contributed by atoms with Crippen molar-refractivity contribution in [3.63, 3.8) is 0 Å². The minimum Gasteiger partial charge on any atom is -0.349 e. The largest absolute Gasteiger partial charge is 0.349 e. The monoisotopic (exact) mass is 291 g/mol. The summed E-state index contributed by atoms with van der Waals surface area (Å²) in [5.41, 5.74) is 0.931. The number of fused-ring (bicyclic) bond motifs is 1. The average Bonchev–Trinajstić information content (AvgIpc) is 2.49. The quantitative estimate of drug-likeness (QED) is 0.839. The molecule has 1 aliphatic carbocycles. The van der Waals surface area contributed by atoms with Gasteiger partial charge in [0, 0.05) is 16.6 Å². The first kappa shape index (κ1) is 13.7. The predicted octanol–water partition coefficient (Wildman–Crippen LogP) is 3.84. The molecule has 0 fully saturated rings. The van der Waals surface area contributed by atoms with Crippen LogP contribution in [0.3, 0.4) is 0 Å².